The van der Waals surface area contributed by atoms with Crippen molar-refractivity contribution in [2.24, 2.45) is 11.7 Å². The maximum absolute atomic E-state index is 11.5. The summed E-state index contributed by atoms with van der Waals surface area (Å²) in [6.07, 6.45) is 2.75. The minimum Gasteiger partial charge on any atom is -0.369 e. The quantitative estimate of drug-likeness (QED) is 0.804. The van der Waals surface area contributed by atoms with Crippen LogP contribution in [0.1, 0.15) is 11.4 Å². The molecule has 16 heavy (non-hydrogen) atoms. The fourth-order valence-electron chi connectivity index (χ4n) is 1.79. The zero-order valence-corrected chi connectivity index (χ0v) is 9.57. The van der Waals surface area contributed by atoms with Crippen LogP contribution in [0, 0.1) is 5.92 Å². The van der Waals surface area contributed by atoms with Gasteiger partial charge in [0.15, 0.2) is 0 Å². The smallest absolute Gasteiger partial charge is 0.223 e. The number of hydrogen-bond acceptors (Lipinski definition) is 4. The van der Waals surface area contributed by atoms with Crippen LogP contribution in [0.5, 0.6) is 0 Å². The summed E-state index contributed by atoms with van der Waals surface area (Å²) in [6, 6.07) is 0. The molecule has 0 bridgehead atoms. The van der Waals surface area contributed by atoms with Gasteiger partial charge in [-0.05, 0) is 0 Å². The second-order valence-electron chi connectivity index (χ2n) is 3.82. The molecule has 1 saturated heterocycles. The Bertz CT molecular complexity index is 391. The molecule has 0 aromatic carbocycles. The summed E-state index contributed by atoms with van der Waals surface area (Å²) < 4.78 is 0. The summed E-state index contributed by atoms with van der Waals surface area (Å²) in [5, 5.41) is 2.92. The highest BCUT2D eigenvalue weighted by Gasteiger charge is 2.32. The summed E-state index contributed by atoms with van der Waals surface area (Å²) in [5.74, 6) is -0.686. The number of amides is 2. The highest BCUT2D eigenvalue weighted by Crippen LogP contribution is 2.18. The van der Waals surface area contributed by atoms with Gasteiger partial charge in [0.25, 0.3) is 0 Å². The van der Waals surface area contributed by atoms with Gasteiger partial charge in [0.1, 0.15) is 0 Å². The lowest BCUT2D eigenvalue weighted by Gasteiger charge is -2.14. The Hall–Kier alpha value is -1.43. The SMILES string of the molecule is NC(=O)C1CC(=O)N(CCc2nccs2)C1. The number of thiazole rings is 1. The number of likely N-dealkylation sites (tertiary alicyclic amines) is 1. The largest absolute Gasteiger partial charge is 0.369 e. The summed E-state index contributed by atoms with van der Waals surface area (Å²) in [5.41, 5.74) is 5.18. The number of aromatic nitrogens is 1. The number of nitrogens with zero attached hydrogens (tertiary/aromatic N) is 2. The van der Waals surface area contributed by atoms with Gasteiger partial charge < -0.3 is 10.6 Å². The van der Waals surface area contributed by atoms with Crippen molar-refractivity contribution in [3.8, 4) is 0 Å². The maximum atomic E-state index is 11.5. The first-order valence-electron chi connectivity index (χ1n) is 5.12. The average Bonchev–Trinajstić information content (AvgIpc) is 2.84. The molecule has 1 atom stereocenters. The molecule has 2 heterocycles. The van der Waals surface area contributed by atoms with E-state index in [1.54, 1.807) is 22.4 Å². The van der Waals surface area contributed by atoms with E-state index in [0.29, 0.717) is 13.1 Å². The van der Waals surface area contributed by atoms with Crippen LogP contribution in [0.2, 0.25) is 0 Å². The molecule has 2 N–H and O–H groups in total. The van der Waals surface area contributed by atoms with Crippen molar-refractivity contribution in [1.82, 2.24) is 9.88 Å². The normalized spacial score (nSPS) is 20.4. The number of carbonyl (C=O) groups is 2. The van der Waals surface area contributed by atoms with Crippen LogP contribution in [-0.4, -0.2) is 34.8 Å². The van der Waals surface area contributed by atoms with Crippen LogP contribution >= 0.6 is 11.3 Å². The topological polar surface area (TPSA) is 76.3 Å². The molecule has 1 aliphatic rings. The zero-order chi connectivity index (χ0) is 11.5. The van der Waals surface area contributed by atoms with Crippen molar-refractivity contribution >= 4 is 23.2 Å². The van der Waals surface area contributed by atoms with E-state index in [1.165, 1.54) is 0 Å². The van der Waals surface area contributed by atoms with E-state index in [0.717, 1.165) is 11.4 Å². The first-order chi connectivity index (χ1) is 7.66. The van der Waals surface area contributed by atoms with Crippen LogP contribution in [0.15, 0.2) is 11.6 Å². The average molecular weight is 239 g/mol. The van der Waals surface area contributed by atoms with Crippen molar-refractivity contribution in [1.29, 1.82) is 0 Å². The van der Waals surface area contributed by atoms with Crippen molar-refractivity contribution in [3.63, 3.8) is 0 Å². The van der Waals surface area contributed by atoms with E-state index in [2.05, 4.69) is 4.98 Å². The molecule has 1 aromatic heterocycles. The third kappa shape index (κ3) is 2.38. The van der Waals surface area contributed by atoms with Crippen LogP contribution in [0.3, 0.4) is 0 Å². The van der Waals surface area contributed by atoms with E-state index in [1.807, 2.05) is 5.38 Å². The minimum absolute atomic E-state index is 0.0142. The molecule has 0 radical (unpaired) electrons. The van der Waals surface area contributed by atoms with Crippen LogP contribution < -0.4 is 5.73 Å². The van der Waals surface area contributed by atoms with Crippen molar-refractivity contribution in [2.75, 3.05) is 13.1 Å². The second-order valence-corrected chi connectivity index (χ2v) is 4.80. The molecule has 2 rings (SSSR count). The van der Waals surface area contributed by atoms with Gasteiger partial charge in [0.05, 0.1) is 10.9 Å². The molecule has 1 aliphatic heterocycles. The minimum atomic E-state index is -0.384. The Balaban J connectivity index is 1.87. The molecular formula is C10H13N3O2S. The lowest BCUT2D eigenvalue weighted by atomic mass is 10.1. The van der Waals surface area contributed by atoms with Crippen LogP contribution in [0.25, 0.3) is 0 Å². The number of primary amides is 1. The van der Waals surface area contributed by atoms with E-state index in [9.17, 15) is 9.59 Å². The summed E-state index contributed by atoms with van der Waals surface area (Å²) in [6.45, 7) is 1.08. The number of carbonyl (C=O) groups excluding carboxylic acids is 2. The standard InChI is InChI=1S/C10H13N3O2S/c11-10(15)7-5-9(14)13(6-7)3-1-8-12-2-4-16-8/h2,4,7H,1,3,5-6H2,(H2,11,15). The first-order valence-corrected chi connectivity index (χ1v) is 6.00. The predicted octanol–water partition coefficient (Wildman–Crippen LogP) is 0.0194. The molecule has 1 fully saturated rings. The molecule has 6 heteroatoms. The summed E-state index contributed by atoms with van der Waals surface area (Å²) in [7, 11) is 0. The lowest BCUT2D eigenvalue weighted by molar-refractivity contribution is -0.128. The highest BCUT2D eigenvalue weighted by atomic mass is 32.1. The molecule has 2 amide bonds. The van der Waals surface area contributed by atoms with Gasteiger partial charge >= 0.3 is 0 Å². The second kappa shape index (κ2) is 4.61. The number of nitrogens with two attached hydrogens (primary N) is 1. The van der Waals surface area contributed by atoms with Crippen LogP contribution in [0.4, 0.5) is 0 Å². The highest BCUT2D eigenvalue weighted by molar-refractivity contribution is 7.09. The van der Waals surface area contributed by atoms with Gasteiger partial charge in [0, 0.05) is 37.5 Å². The summed E-state index contributed by atoms with van der Waals surface area (Å²) >= 11 is 1.57. The molecule has 1 aromatic rings. The van der Waals surface area contributed by atoms with Crippen LogP contribution in [-0.2, 0) is 16.0 Å². The third-order valence-electron chi connectivity index (χ3n) is 2.70. The Morgan fingerprint density at radius 3 is 3.06 bits per heavy atom. The number of hydrogen-bond donors (Lipinski definition) is 1. The van der Waals surface area contributed by atoms with Gasteiger partial charge in [-0.2, -0.15) is 0 Å². The Labute approximate surface area is 97.3 Å². The van der Waals surface area contributed by atoms with E-state index >= 15 is 0 Å². The maximum Gasteiger partial charge on any atom is 0.223 e. The molecule has 0 spiro atoms. The van der Waals surface area contributed by atoms with Gasteiger partial charge in [-0.1, -0.05) is 0 Å². The summed E-state index contributed by atoms with van der Waals surface area (Å²) in [4.78, 5) is 28.3. The zero-order valence-electron chi connectivity index (χ0n) is 8.76. The molecule has 0 aliphatic carbocycles. The van der Waals surface area contributed by atoms with E-state index in [-0.39, 0.29) is 24.2 Å². The Morgan fingerprint density at radius 2 is 2.50 bits per heavy atom. The predicted molar refractivity (Wildman–Crippen MR) is 59.7 cm³/mol. The number of rotatable bonds is 4. The van der Waals surface area contributed by atoms with Gasteiger partial charge in [-0.3, -0.25) is 9.59 Å². The fraction of sp³-hybridized carbons (Fsp3) is 0.500. The molecular weight excluding hydrogens is 226 g/mol. The Morgan fingerprint density at radius 1 is 1.69 bits per heavy atom. The third-order valence-corrected chi connectivity index (χ3v) is 3.54. The monoisotopic (exact) mass is 239 g/mol. The van der Waals surface area contributed by atoms with Gasteiger partial charge in [-0.15, -0.1) is 11.3 Å². The molecule has 5 nitrogen and oxygen atoms in total. The Kier molecular flexibility index (Phi) is 3.19. The van der Waals surface area contributed by atoms with Crippen molar-refractivity contribution in [2.45, 2.75) is 12.8 Å². The fourth-order valence-corrected chi connectivity index (χ4v) is 2.40. The lowest BCUT2D eigenvalue weighted by Crippen LogP contribution is -2.30. The van der Waals surface area contributed by atoms with Crippen molar-refractivity contribution < 1.29 is 9.59 Å². The van der Waals surface area contributed by atoms with E-state index in [4.69, 9.17) is 5.73 Å². The van der Waals surface area contributed by atoms with E-state index < -0.39 is 0 Å². The molecule has 1 unspecified atom stereocenters. The first kappa shape index (κ1) is 11.1. The van der Waals surface area contributed by atoms with Crippen molar-refractivity contribution in [3.05, 3.63) is 16.6 Å². The molecule has 86 valence electrons. The molecule has 0 saturated carbocycles. The van der Waals surface area contributed by atoms with Gasteiger partial charge in [0.2, 0.25) is 11.8 Å². The van der Waals surface area contributed by atoms with Gasteiger partial charge in [-0.25, -0.2) is 4.98 Å².